The normalized spacial score (nSPS) is 12.7. The van der Waals surface area contributed by atoms with E-state index in [9.17, 15) is 4.79 Å². The van der Waals surface area contributed by atoms with Crippen molar-refractivity contribution in [2.75, 3.05) is 0 Å². The molecule has 0 aromatic heterocycles. The molecule has 0 atom stereocenters. The van der Waals surface area contributed by atoms with E-state index >= 15 is 0 Å². The molecule has 0 bridgehead atoms. The molecule has 0 amide bonds. The van der Waals surface area contributed by atoms with Crippen LogP contribution in [-0.2, 0) is 9.22 Å². The van der Waals surface area contributed by atoms with Crippen LogP contribution in [0.2, 0.25) is 16.6 Å². The van der Waals surface area contributed by atoms with Crippen LogP contribution < -0.4 is 0 Å². The molecule has 0 aromatic carbocycles. The van der Waals surface area contributed by atoms with Crippen LogP contribution in [0.3, 0.4) is 0 Å². The minimum atomic E-state index is -2.00. The smallest absolute Gasteiger partial charge is 0.292 e. The van der Waals surface area contributed by atoms with Gasteiger partial charge in [-0.1, -0.05) is 41.5 Å². The van der Waals surface area contributed by atoms with Crippen molar-refractivity contribution in [3.05, 3.63) is 6.92 Å². The maximum Gasteiger partial charge on any atom is 0.292 e. The molecule has 0 aliphatic carbocycles. The van der Waals surface area contributed by atoms with E-state index in [1.165, 1.54) is 0 Å². The molecular formula is C12H25O2Si. The van der Waals surface area contributed by atoms with E-state index in [-0.39, 0.29) is 12.4 Å². The van der Waals surface area contributed by atoms with Crippen LogP contribution in [0.4, 0.5) is 0 Å². The molecule has 0 N–H and O–H groups in total. The molecule has 0 rings (SSSR count). The summed E-state index contributed by atoms with van der Waals surface area (Å²) in [5.74, 6) is -0.141. The first-order chi connectivity index (χ1) is 6.78. The van der Waals surface area contributed by atoms with Crippen molar-refractivity contribution in [3.63, 3.8) is 0 Å². The van der Waals surface area contributed by atoms with Crippen molar-refractivity contribution < 1.29 is 9.22 Å². The highest BCUT2D eigenvalue weighted by atomic mass is 28.4. The molecule has 89 valence electrons. The first-order valence-corrected chi connectivity index (χ1v) is 7.94. The van der Waals surface area contributed by atoms with Gasteiger partial charge in [0.25, 0.3) is 14.3 Å². The van der Waals surface area contributed by atoms with Gasteiger partial charge >= 0.3 is 0 Å². The van der Waals surface area contributed by atoms with Crippen LogP contribution in [0.15, 0.2) is 0 Å². The molecule has 1 radical (unpaired) electrons. The van der Waals surface area contributed by atoms with Crippen LogP contribution in [0, 0.1) is 6.92 Å². The molecule has 0 aliphatic heterocycles. The van der Waals surface area contributed by atoms with Gasteiger partial charge in [0.05, 0.1) is 0 Å². The lowest BCUT2D eigenvalue weighted by Gasteiger charge is -2.41. The molecule has 0 heterocycles. The molecule has 0 aromatic rings. The van der Waals surface area contributed by atoms with Crippen molar-refractivity contribution in [2.45, 2.75) is 64.6 Å². The molecule has 3 heteroatoms. The summed E-state index contributed by atoms with van der Waals surface area (Å²) in [7, 11) is -2.00. The van der Waals surface area contributed by atoms with Crippen molar-refractivity contribution in [1.29, 1.82) is 0 Å². The second-order valence-corrected chi connectivity index (χ2v) is 10.4. The molecule has 15 heavy (non-hydrogen) atoms. The van der Waals surface area contributed by atoms with Gasteiger partial charge in [0, 0.05) is 6.42 Å². The highest BCUT2D eigenvalue weighted by Gasteiger charge is 2.47. The monoisotopic (exact) mass is 229 g/mol. The van der Waals surface area contributed by atoms with Crippen LogP contribution in [0.25, 0.3) is 0 Å². The molecule has 0 unspecified atom stereocenters. The van der Waals surface area contributed by atoms with E-state index in [4.69, 9.17) is 4.43 Å². The van der Waals surface area contributed by atoms with E-state index < -0.39 is 8.32 Å². The number of carbonyl (C=O) groups is 1. The lowest BCUT2D eigenvalue weighted by atomic mass is 10.5. The molecule has 0 saturated carbocycles. The minimum absolute atomic E-state index is 0.141. The zero-order valence-electron chi connectivity index (χ0n) is 11.0. The van der Waals surface area contributed by atoms with Gasteiger partial charge in [-0.05, 0) is 23.5 Å². The van der Waals surface area contributed by atoms with E-state index in [2.05, 4.69) is 48.5 Å². The Morgan fingerprint density at radius 2 is 1.40 bits per heavy atom. The predicted octanol–water partition coefficient (Wildman–Crippen LogP) is 3.93. The topological polar surface area (TPSA) is 26.3 Å². The Kier molecular flexibility index (Phi) is 5.57. The van der Waals surface area contributed by atoms with Crippen LogP contribution in [0.1, 0.15) is 48.0 Å². The molecule has 0 aliphatic rings. The molecule has 2 nitrogen and oxygen atoms in total. The number of rotatable bonds is 5. The third kappa shape index (κ3) is 3.07. The molecule has 0 spiro atoms. The van der Waals surface area contributed by atoms with Gasteiger partial charge in [0.15, 0.2) is 0 Å². The number of hydrogen-bond donors (Lipinski definition) is 0. The SMILES string of the molecule is [CH2]CC(=O)O[Si](C(C)C)(C(C)C)C(C)C. The van der Waals surface area contributed by atoms with Gasteiger partial charge in [-0.3, -0.25) is 4.79 Å². The van der Waals surface area contributed by atoms with Gasteiger partial charge < -0.3 is 4.43 Å². The highest BCUT2D eigenvalue weighted by molar-refractivity contribution is 6.78. The number of carbonyl (C=O) groups excluding carboxylic acids is 1. The molecule has 0 saturated heterocycles. The Morgan fingerprint density at radius 3 is 1.60 bits per heavy atom. The fourth-order valence-corrected chi connectivity index (χ4v) is 7.81. The highest BCUT2D eigenvalue weighted by Crippen LogP contribution is 2.42. The second-order valence-electron chi connectivity index (χ2n) is 5.04. The van der Waals surface area contributed by atoms with Crippen molar-refractivity contribution in [3.8, 4) is 0 Å². The lowest BCUT2D eigenvalue weighted by Crippen LogP contribution is -2.49. The van der Waals surface area contributed by atoms with Crippen LogP contribution in [-0.4, -0.2) is 14.3 Å². The van der Waals surface area contributed by atoms with Gasteiger partial charge in [0.2, 0.25) is 0 Å². The summed E-state index contributed by atoms with van der Waals surface area (Å²) in [5.41, 5.74) is 1.36. The predicted molar refractivity (Wildman–Crippen MR) is 67.1 cm³/mol. The Labute approximate surface area is 95.5 Å². The average Bonchev–Trinajstić information content (AvgIpc) is 2.11. The summed E-state index contributed by atoms with van der Waals surface area (Å²) in [5, 5.41) is 0. The quantitative estimate of drug-likeness (QED) is 0.668. The summed E-state index contributed by atoms with van der Waals surface area (Å²) in [6, 6.07) is 0. The van der Waals surface area contributed by atoms with E-state index in [1.807, 2.05) is 0 Å². The maximum absolute atomic E-state index is 11.5. The van der Waals surface area contributed by atoms with Crippen LogP contribution in [0.5, 0.6) is 0 Å². The van der Waals surface area contributed by atoms with E-state index in [1.54, 1.807) is 0 Å². The average molecular weight is 229 g/mol. The van der Waals surface area contributed by atoms with Gasteiger partial charge in [-0.25, -0.2) is 0 Å². The van der Waals surface area contributed by atoms with Crippen molar-refractivity contribution in [2.24, 2.45) is 0 Å². The summed E-state index contributed by atoms with van der Waals surface area (Å²) in [6.45, 7) is 16.6. The van der Waals surface area contributed by atoms with Crippen molar-refractivity contribution in [1.82, 2.24) is 0 Å². The maximum atomic E-state index is 11.5. The lowest BCUT2D eigenvalue weighted by molar-refractivity contribution is -0.134. The largest absolute Gasteiger partial charge is 0.518 e. The first-order valence-electron chi connectivity index (χ1n) is 5.80. The summed E-state index contributed by atoms with van der Waals surface area (Å²) < 4.78 is 5.81. The Balaban J connectivity index is 5.05. The van der Waals surface area contributed by atoms with Gasteiger partial charge in [0.1, 0.15) is 0 Å². The summed E-state index contributed by atoms with van der Waals surface area (Å²) in [4.78, 5) is 11.5. The fraction of sp³-hybridized carbons (Fsp3) is 0.833. The third-order valence-corrected chi connectivity index (χ3v) is 9.20. The Bertz CT molecular complexity index is 188. The zero-order chi connectivity index (χ0) is 12.2. The zero-order valence-corrected chi connectivity index (χ0v) is 12.0. The van der Waals surface area contributed by atoms with Crippen molar-refractivity contribution >= 4 is 14.3 Å². The van der Waals surface area contributed by atoms with Gasteiger partial charge in [-0.15, -0.1) is 0 Å². The second kappa shape index (κ2) is 5.68. The van der Waals surface area contributed by atoms with Gasteiger partial charge in [-0.2, -0.15) is 0 Å². The minimum Gasteiger partial charge on any atom is -0.518 e. The summed E-state index contributed by atoms with van der Waals surface area (Å²) >= 11 is 0. The number of hydrogen-bond acceptors (Lipinski definition) is 2. The molecule has 0 fully saturated rings. The molecular weight excluding hydrogens is 204 g/mol. The Morgan fingerprint density at radius 1 is 1.07 bits per heavy atom. The fourth-order valence-electron chi connectivity index (χ4n) is 2.60. The Hall–Kier alpha value is -0.313. The van der Waals surface area contributed by atoms with E-state index in [0.717, 1.165) is 0 Å². The van der Waals surface area contributed by atoms with Crippen LogP contribution >= 0.6 is 0 Å². The summed E-state index contributed by atoms with van der Waals surface area (Å²) in [6.07, 6.45) is 0.237. The first kappa shape index (κ1) is 14.7. The van der Waals surface area contributed by atoms with E-state index in [0.29, 0.717) is 16.6 Å². The standard InChI is InChI=1S/C12H25O2Si/c1-8-12(13)14-15(9(2)3,10(4)5)11(6)7/h9-11H,1,8H2,2-7H3. The third-order valence-electron chi connectivity index (χ3n) is 3.20.